The lowest BCUT2D eigenvalue weighted by Gasteiger charge is -2.26. The summed E-state index contributed by atoms with van der Waals surface area (Å²) in [5.41, 5.74) is 1.50. The zero-order valence-corrected chi connectivity index (χ0v) is 16.7. The molecule has 1 amide bonds. The molecule has 1 unspecified atom stereocenters. The van der Waals surface area contributed by atoms with E-state index in [2.05, 4.69) is 4.98 Å². The van der Waals surface area contributed by atoms with Crippen LogP contribution in [0.1, 0.15) is 22.7 Å². The maximum atomic E-state index is 13.4. The number of amides is 1. The molecule has 1 atom stereocenters. The average Bonchev–Trinajstić information content (AvgIpc) is 3.04. The number of carbonyl (C=O) groups is 2. The summed E-state index contributed by atoms with van der Waals surface area (Å²) in [6, 6.07) is 14.7. The second-order valence-corrected chi connectivity index (χ2v) is 7.03. The molecular weight excluding hydrogens is 399 g/mol. The van der Waals surface area contributed by atoms with Crippen LogP contribution >= 0.6 is 0 Å². The fourth-order valence-electron chi connectivity index (χ4n) is 3.71. The van der Waals surface area contributed by atoms with E-state index in [0.29, 0.717) is 11.3 Å². The third-order valence-corrected chi connectivity index (χ3v) is 5.19. The molecule has 2 heterocycles. The maximum Gasteiger partial charge on any atom is 0.295 e. The van der Waals surface area contributed by atoms with Crippen molar-refractivity contribution >= 4 is 17.4 Å². The van der Waals surface area contributed by atoms with Crippen molar-refractivity contribution in [2.24, 2.45) is 0 Å². The minimum Gasteiger partial charge on any atom is -0.507 e. The van der Waals surface area contributed by atoms with Crippen molar-refractivity contribution in [3.8, 4) is 5.75 Å². The summed E-state index contributed by atoms with van der Waals surface area (Å²) in [6.45, 7) is 0.135. The van der Waals surface area contributed by atoms with Crippen LogP contribution in [-0.2, 0) is 16.1 Å². The van der Waals surface area contributed by atoms with E-state index < -0.39 is 23.5 Å². The molecular formula is C24H19FN2O4. The van der Waals surface area contributed by atoms with Gasteiger partial charge in [0.15, 0.2) is 0 Å². The summed E-state index contributed by atoms with van der Waals surface area (Å²) < 4.78 is 18.8. The van der Waals surface area contributed by atoms with Crippen molar-refractivity contribution in [3.63, 3.8) is 0 Å². The van der Waals surface area contributed by atoms with Crippen LogP contribution in [0.5, 0.6) is 5.75 Å². The van der Waals surface area contributed by atoms with E-state index >= 15 is 0 Å². The molecule has 31 heavy (non-hydrogen) atoms. The van der Waals surface area contributed by atoms with E-state index in [9.17, 15) is 19.1 Å². The van der Waals surface area contributed by atoms with Gasteiger partial charge in [-0.2, -0.15) is 0 Å². The van der Waals surface area contributed by atoms with Gasteiger partial charge in [-0.15, -0.1) is 0 Å². The number of para-hydroxylation sites is 1. The van der Waals surface area contributed by atoms with Crippen LogP contribution in [0.4, 0.5) is 4.39 Å². The van der Waals surface area contributed by atoms with Gasteiger partial charge >= 0.3 is 0 Å². The highest BCUT2D eigenvalue weighted by molar-refractivity contribution is 6.46. The highest BCUT2D eigenvalue weighted by Crippen LogP contribution is 2.43. The number of pyridine rings is 1. The van der Waals surface area contributed by atoms with Gasteiger partial charge in [0.1, 0.15) is 17.3 Å². The SMILES string of the molecule is COc1ccccc1C1/C(=C(/O)c2ccc(F)cc2)C(=O)C(=O)N1Cc1ccncc1. The van der Waals surface area contributed by atoms with Gasteiger partial charge in [-0.3, -0.25) is 14.6 Å². The molecule has 2 aromatic carbocycles. The van der Waals surface area contributed by atoms with Gasteiger partial charge in [0.05, 0.1) is 18.7 Å². The van der Waals surface area contributed by atoms with Crippen molar-refractivity contribution in [1.29, 1.82) is 0 Å². The van der Waals surface area contributed by atoms with Gasteiger partial charge in [0, 0.05) is 30.1 Å². The summed E-state index contributed by atoms with van der Waals surface area (Å²) in [5.74, 6) is -1.93. The van der Waals surface area contributed by atoms with Crippen molar-refractivity contribution in [1.82, 2.24) is 9.88 Å². The standard InChI is InChI=1S/C24H19FN2O4/c1-31-19-5-3-2-4-18(19)21-20(22(28)16-6-8-17(25)9-7-16)23(29)24(30)27(21)14-15-10-12-26-13-11-15/h2-13,21,28H,14H2,1H3/b22-20-. The van der Waals surface area contributed by atoms with Crippen LogP contribution in [0.3, 0.4) is 0 Å². The Balaban J connectivity index is 1.90. The Labute approximate surface area is 178 Å². The van der Waals surface area contributed by atoms with E-state index in [0.717, 1.165) is 5.56 Å². The van der Waals surface area contributed by atoms with Gasteiger partial charge in [-0.25, -0.2) is 4.39 Å². The number of hydrogen-bond donors (Lipinski definition) is 1. The summed E-state index contributed by atoms with van der Waals surface area (Å²) in [5, 5.41) is 11.0. The Kier molecular flexibility index (Phi) is 5.49. The summed E-state index contributed by atoms with van der Waals surface area (Å²) >= 11 is 0. The third-order valence-electron chi connectivity index (χ3n) is 5.19. The molecule has 0 aliphatic carbocycles. The number of methoxy groups -OCH3 is 1. The lowest BCUT2D eigenvalue weighted by atomic mass is 9.94. The molecule has 0 bridgehead atoms. The maximum absolute atomic E-state index is 13.4. The highest BCUT2D eigenvalue weighted by Gasteiger charge is 2.47. The van der Waals surface area contributed by atoms with Gasteiger partial charge in [0.2, 0.25) is 0 Å². The average molecular weight is 418 g/mol. The number of ether oxygens (including phenoxy) is 1. The van der Waals surface area contributed by atoms with Crippen LogP contribution in [0.25, 0.3) is 5.76 Å². The molecule has 0 saturated carbocycles. The topological polar surface area (TPSA) is 79.7 Å². The zero-order chi connectivity index (χ0) is 22.0. The predicted octanol–water partition coefficient (Wildman–Crippen LogP) is 3.85. The number of nitrogens with zero attached hydrogens (tertiary/aromatic N) is 2. The third kappa shape index (κ3) is 3.77. The minimum absolute atomic E-state index is 0.0739. The number of rotatable bonds is 5. The number of aliphatic hydroxyl groups excluding tert-OH is 1. The van der Waals surface area contributed by atoms with Gasteiger partial charge in [-0.1, -0.05) is 18.2 Å². The first-order valence-electron chi connectivity index (χ1n) is 9.57. The smallest absolute Gasteiger partial charge is 0.295 e. The summed E-state index contributed by atoms with van der Waals surface area (Å²) in [7, 11) is 1.49. The first-order chi connectivity index (χ1) is 15.0. The first kappa shape index (κ1) is 20.3. The number of carbonyl (C=O) groups excluding carboxylic acids is 2. The quantitative estimate of drug-likeness (QED) is 0.387. The monoisotopic (exact) mass is 418 g/mol. The normalized spacial score (nSPS) is 17.7. The predicted molar refractivity (Wildman–Crippen MR) is 111 cm³/mol. The summed E-state index contributed by atoms with van der Waals surface area (Å²) in [6.07, 6.45) is 3.20. The van der Waals surface area contributed by atoms with E-state index in [4.69, 9.17) is 4.74 Å². The summed E-state index contributed by atoms with van der Waals surface area (Å²) in [4.78, 5) is 31.4. The van der Waals surface area contributed by atoms with Crippen LogP contribution in [0.15, 0.2) is 78.6 Å². The second kappa shape index (κ2) is 8.39. The Hall–Kier alpha value is -4.00. The molecule has 1 aromatic heterocycles. The highest BCUT2D eigenvalue weighted by atomic mass is 19.1. The van der Waals surface area contributed by atoms with Gasteiger partial charge in [0.25, 0.3) is 11.7 Å². The number of hydrogen-bond acceptors (Lipinski definition) is 5. The Bertz CT molecular complexity index is 1160. The van der Waals surface area contributed by atoms with Crippen molar-refractivity contribution in [2.75, 3.05) is 7.11 Å². The van der Waals surface area contributed by atoms with E-state index in [-0.39, 0.29) is 23.4 Å². The molecule has 1 aliphatic rings. The van der Waals surface area contributed by atoms with Gasteiger partial charge < -0.3 is 14.7 Å². The number of ketones is 1. The van der Waals surface area contributed by atoms with Crippen molar-refractivity contribution in [2.45, 2.75) is 12.6 Å². The van der Waals surface area contributed by atoms with Gasteiger partial charge in [-0.05, 0) is 48.0 Å². The van der Waals surface area contributed by atoms with Crippen LogP contribution < -0.4 is 4.74 Å². The fourth-order valence-corrected chi connectivity index (χ4v) is 3.71. The largest absolute Gasteiger partial charge is 0.507 e. The van der Waals surface area contributed by atoms with E-state index in [1.165, 1.54) is 36.3 Å². The molecule has 3 aromatic rings. The molecule has 0 spiro atoms. The molecule has 1 aliphatic heterocycles. The molecule has 7 heteroatoms. The van der Waals surface area contributed by atoms with Crippen LogP contribution in [0, 0.1) is 5.82 Å². The Morgan fingerprint density at radius 2 is 1.74 bits per heavy atom. The number of benzene rings is 2. The number of aliphatic hydroxyl groups is 1. The minimum atomic E-state index is -0.880. The fraction of sp³-hybridized carbons (Fsp3) is 0.125. The lowest BCUT2D eigenvalue weighted by molar-refractivity contribution is -0.140. The molecule has 0 radical (unpaired) electrons. The zero-order valence-electron chi connectivity index (χ0n) is 16.7. The molecule has 156 valence electrons. The molecule has 4 rings (SSSR count). The molecule has 1 fully saturated rings. The molecule has 1 saturated heterocycles. The molecule has 1 N–H and O–H groups in total. The Morgan fingerprint density at radius 3 is 2.42 bits per heavy atom. The Morgan fingerprint density at radius 1 is 1.06 bits per heavy atom. The van der Waals surface area contributed by atoms with Crippen LogP contribution in [-0.4, -0.2) is 33.8 Å². The second-order valence-electron chi connectivity index (χ2n) is 7.03. The van der Waals surface area contributed by atoms with Crippen LogP contribution in [0.2, 0.25) is 0 Å². The number of aromatic nitrogens is 1. The number of likely N-dealkylation sites (tertiary alicyclic amines) is 1. The van der Waals surface area contributed by atoms with E-state index in [1.54, 1.807) is 48.8 Å². The van der Waals surface area contributed by atoms with Crippen molar-refractivity contribution < 1.29 is 23.8 Å². The number of halogens is 1. The van der Waals surface area contributed by atoms with E-state index in [1.807, 2.05) is 0 Å². The lowest BCUT2D eigenvalue weighted by Crippen LogP contribution is -2.29. The van der Waals surface area contributed by atoms with Crippen molar-refractivity contribution in [3.05, 3.63) is 101 Å². The first-order valence-corrected chi connectivity index (χ1v) is 9.57. The molecule has 6 nitrogen and oxygen atoms in total. The number of Topliss-reactive ketones (excluding diaryl/α,β-unsaturated/α-hetero) is 1.